The highest BCUT2D eigenvalue weighted by molar-refractivity contribution is 5.97. The summed E-state index contributed by atoms with van der Waals surface area (Å²) in [5.74, 6) is 2.34. The summed E-state index contributed by atoms with van der Waals surface area (Å²) in [6.45, 7) is 11.8. The van der Waals surface area contributed by atoms with Gasteiger partial charge in [0.2, 0.25) is 0 Å². The number of benzene rings is 4. The van der Waals surface area contributed by atoms with Gasteiger partial charge in [0, 0.05) is 47.7 Å². The van der Waals surface area contributed by atoms with Gasteiger partial charge in [-0.1, -0.05) is 74.5 Å². The Morgan fingerprint density at radius 1 is 0.721 bits per heavy atom. The number of aryl methyl sites for hydroxylation is 1. The highest BCUT2D eigenvalue weighted by Gasteiger charge is 2.16. The predicted molar refractivity (Wildman–Crippen MR) is 178 cm³/mol. The normalized spacial score (nSPS) is 14.1. The van der Waals surface area contributed by atoms with Crippen LogP contribution in [0, 0.1) is 0 Å². The minimum Gasteiger partial charge on any atom is -0.494 e. The molecule has 5 aromatic rings. The van der Waals surface area contributed by atoms with Crippen molar-refractivity contribution in [2.75, 3.05) is 46.1 Å². The number of hydrogen-bond donors (Lipinski definition) is 0. The number of fused-ring (bicyclic) bond motifs is 2. The average Bonchev–Trinajstić information content (AvgIpc) is 3.41. The lowest BCUT2D eigenvalue weighted by Gasteiger charge is -2.26. The van der Waals surface area contributed by atoms with Gasteiger partial charge >= 0.3 is 0 Å². The first-order valence-electron chi connectivity index (χ1n) is 15.9. The maximum atomic E-state index is 6.29. The van der Waals surface area contributed by atoms with E-state index in [0.29, 0.717) is 12.5 Å². The Balaban J connectivity index is 1.17. The number of unbranched alkanes of at least 4 members (excludes halogenated alkanes) is 1. The quantitative estimate of drug-likeness (QED) is 0.132. The van der Waals surface area contributed by atoms with E-state index in [4.69, 9.17) is 14.2 Å². The number of aromatic nitrogens is 1. The largest absolute Gasteiger partial charge is 0.494 e. The number of ether oxygens (including phenoxy) is 3. The van der Waals surface area contributed by atoms with Crippen molar-refractivity contribution >= 4 is 21.7 Å². The molecule has 5 heteroatoms. The van der Waals surface area contributed by atoms with Crippen molar-refractivity contribution in [3.8, 4) is 22.6 Å². The molecule has 0 saturated carbocycles. The van der Waals surface area contributed by atoms with Crippen molar-refractivity contribution in [3.63, 3.8) is 0 Å². The van der Waals surface area contributed by atoms with E-state index >= 15 is 0 Å². The van der Waals surface area contributed by atoms with Crippen LogP contribution in [0.5, 0.6) is 11.5 Å². The predicted octanol–water partition coefficient (Wildman–Crippen LogP) is 8.55. The van der Waals surface area contributed by atoms with E-state index in [0.717, 1.165) is 82.1 Å². The second kappa shape index (κ2) is 14.1. The fourth-order valence-corrected chi connectivity index (χ4v) is 6.20. The molecular weight excluding hydrogens is 532 g/mol. The molecule has 1 saturated heterocycles. The second-order valence-electron chi connectivity index (χ2n) is 11.8. The Morgan fingerprint density at radius 3 is 2.40 bits per heavy atom. The Hall–Kier alpha value is -3.80. The third kappa shape index (κ3) is 7.06. The zero-order chi connectivity index (χ0) is 29.4. The Bertz CT molecular complexity index is 1630. The van der Waals surface area contributed by atoms with Crippen LogP contribution >= 0.6 is 0 Å². The first-order chi connectivity index (χ1) is 21.2. The summed E-state index contributed by atoms with van der Waals surface area (Å²) in [5, 5.41) is 3.62. The monoisotopic (exact) mass is 576 g/mol. The van der Waals surface area contributed by atoms with Gasteiger partial charge in [-0.15, -0.1) is 0 Å². The Kier molecular flexibility index (Phi) is 9.61. The van der Waals surface area contributed by atoms with Gasteiger partial charge in [-0.25, -0.2) is 0 Å². The summed E-state index contributed by atoms with van der Waals surface area (Å²) in [5.41, 5.74) is 5.18. The highest BCUT2D eigenvalue weighted by atomic mass is 16.5. The summed E-state index contributed by atoms with van der Waals surface area (Å²) in [7, 11) is 0. The lowest BCUT2D eigenvalue weighted by Crippen LogP contribution is -2.36. The van der Waals surface area contributed by atoms with E-state index in [1.807, 2.05) is 0 Å². The Labute approximate surface area is 256 Å². The van der Waals surface area contributed by atoms with E-state index in [2.05, 4.69) is 114 Å². The minimum atomic E-state index is 0.439. The molecule has 224 valence electrons. The fourth-order valence-electron chi connectivity index (χ4n) is 6.20. The van der Waals surface area contributed by atoms with Crippen LogP contribution in [0.15, 0.2) is 91.1 Å². The molecule has 0 bridgehead atoms. The molecule has 43 heavy (non-hydrogen) atoms. The van der Waals surface area contributed by atoms with Crippen LogP contribution in [0.2, 0.25) is 0 Å². The van der Waals surface area contributed by atoms with Gasteiger partial charge in [0.1, 0.15) is 11.5 Å². The van der Waals surface area contributed by atoms with Gasteiger partial charge in [0.15, 0.2) is 0 Å². The van der Waals surface area contributed by atoms with E-state index in [9.17, 15) is 0 Å². The van der Waals surface area contributed by atoms with E-state index in [1.54, 1.807) is 0 Å². The minimum absolute atomic E-state index is 0.439. The third-order valence-corrected chi connectivity index (χ3v) is 8.52. The zero-order valence-corrected chi connectivity index (χ0v) is 25.6. The summed E-state index contributed by atoms with van der Waals surface area (Å²) >= 11 is 0. The molecule has 1 aliphatic heterocycles. The van der Waals surface area contributed by atoms with Gasteiger partial charge in [-0.2, -0.15) is 0 Å². The topological polar surface area (TPSA) is 35.9 Å². The summed E-state index contributed by atoms with van der Waals surface area (Å²) in [6, 6.07) is 30.1. The van der Waals surface area contributed by atoms with Crippen LogP contribution < -0.4 is 9.47 Å². The van der Waals surface area contributed by atoms with E-state index < -0.39 is 0 Å². The molecule has 6 rings (SSSR count). The highest BCUT2D eigenvalue weighted by Crippen LogP contribution is 2.37. The lowest BCUT2D eigenvalue weighted by molar-refractivity contribution is 0.0368. The maximum Gasteiger partial charge on any atom is 0.127 e. The molecule has 0 N–H and O–H groups in total. The van der Waals surface area contributed by atoms with Gasteiger partial charge in [0.25, 0.3) is 0 Å². The summed E-state index contributed by atoms with van der Waals surface area (Å²) in [4.78, 5) is 2.49. The molecule has 5 nitrogen and oxygen atoms in total. The average molecular weight is 577 g/mol. The van der Waals surface area contributed by atoms with Crippen LogP contribution in [-0.4, -0.2) is 55.5 Å². The molecule has 0 unspecified atom stereocenters. The molecule has 4 aromatic carbocycles. The van der Waals surface area contributed by atoms with Gasteiger partial charge < -0.3 is 18.8 Å². The lowest BCUT2D eigenvalue weighted by atomic mass is 9.92. The SMILES string of the molecule is CC(C)c1ccccc1-c1cn(CCCOc2cccc3ccccc23)c2ccc(OCCCCN3CCOCC3)cc12. The van der Waals surface area contributed by atoms with E-state index in [-0.39, 0.29) is 0 Å². The van der Waals surface area contributed by atoms with Gasteiger partial charge in [-0.3, -0.25) is 4.90 Å². The molecule has 2 heterocycles. The van der Waals surface area contributed by atoms with Crippen molar-refractivity contribution in [3.05, 3.63) is 96.7 Å². The molecule has 0 spiro atoms. The smallest absolute Gasteiger partial charge is 0.127 e. The Morgan fingerprint density at radius 2 is 1.51 bits per heavy atom. The second-order valence-corrected chi connectivity index (χ2v) is 11.8. The first-order valence-corrected chi connectivity index (χ1v) is 15.9. The molecule has 0 amide bonds. The molecule has 1 aliphatic rings. The van der Waals surface area contributed by atoms with Gasteiger partial charge in [-0.05, 0) is 72.5 Å². The molecule has 0 atom stereocenters. The molecule has 1 fully saturated rings. The maximum absolute atomic E-state index is 6.29. The van der Waals surface area contributed by atoms with Crippen LogP contribution in [0.4, 0.5) is 0 Å². The van der Waals surface area contributed by atoms with Crippen molar-refractivity contribution < 1.29 is 14.2 Å². The van der Waals surface area contributed by atoms with Gasteiger partial charge in [0.05, 0.1) is 26.4 Å². The fraction of sp³-hybridized carbons (Fsp3) is 0.368. The van der Waals surface area contributed by atoms with Crippen molar-refractivity contribution in [2.45, 2.75) is 45.6 Å². The van der Waals surface area contributed by atoms with Crippen molar-refractivity contribution in [1.29, 1.82) is 0 Å². The van der Waals surface area contributed by atoms with Crippen LogP contribution in [0.3, 0.4) is 0 Å². The van der Waals surface area contributed by atoms with Crippen LogP contribution in [0.25, 0.3) is 32.8 Å². The molecule has 0 aliphatic carbocycles. The number of hydrogen-bond acceptors (Lipinski definition) is 4. The van der Waals surface area contributed by atoms with Crippen molar-refractivity contribution in [2.24, 2.45) is 0 Å². The number of rotatable bonds is 13. The zero-order valence-electron chi connectivity index (χ0n) is 25.6. The van der Waals surface area contributed by atoms with Crippen LogP contribution in [-0.2, 0) is 11.3 Å². The molecule has 1 aromatic heterocycles. The molecule has 0 radical (unpaired) electrons. The number of nitrogens with zero attached hydrogens (tertiary/aromatic N) is 2. The first kappa shape index (κ1) is 29.3. The standard InChI is InChI=1S/C38H44N2O3/c1-29(2)32-13-5-6-15-34(32)36-28-40(20-10-24-43-38-16-9-12-30-11-3-4-14-33(30)38)37-18-17-31(27-35(36)37)42-23-8-7-19-39-21-25-41-26-22-39/h3-6,9,11-18,27-29H,7-8,10,19-26H2,1-2H3. The summed E-state index contributed by atoms with van der Waals surface area (Å²) < 4.78 is 20.4. The number of morpholine rings is 1. The third-order valence-electron chi connectivity index (χ3n) is 8.52. The summed E-state index contributed by atoms with van der Waals surface area (Å²) in [6.07, 6.45) is 5.44. The van der Waals surface area contributed by atoms with Crippen LogP contribution in [0.1, 0.15) is 44.6 Å². The molecular formula is C38H44N2O3. The van der Waals surface area contributed by atoms with Crippen molar-refractivity contribution in [1.82, 2.24) is 9.47 Å². The van der Waals surface area contributed by atoms with E-state index in [1.165, 1.54) is 33.0 Å².